The lowest BCUT2D eigenvalue weighted by Gasteiger charge is -2.29. The summed E-state index contributed by atoms with van der Waals surface area (Å²) in [5.41, 5.74) is 0. The van der Waals surface area contributed by atoms with Gasteiger partial charge in [-0.05, 0) is 12.8 Å². The lowest BCUT2D eigenvalue weighted by Crippen LogP contribution is -2.46. The zero-order valence-electron chi connectivity index (χ0n) is 7.52. The minimum Gasteiger partial charge on any atom is -0.319 e. The van der Waals surface area contributed by atoms with Crippen LogP contribution in [0, 0.1) is 11.5 Å². The van der Waals surface area contributed by atoms with Crippen LogP contribution in [0.3, 0.4) is 0 Å². The van der Waals surface area contributed by atoms with Crippen molar-refractivity contribution in [1.82, 2.24) is 9.62 Å². The van der Waals surface area contributed by atoms with E-state index in [1.165, 1.54) is 10.6 Å². The SMILES string of the molecule is CS(=O)(=O)N1CCCC(NC#N)C1. The molecule has 0 aromatic rings. The van der Waals surface area contributed by atoms with Crippen molar-refractivity contribution in [3.05, 3.63) is 0 Å². The quantitative estimate of drug-likeness (QED) is 0.484. The van der Waals surface area contributed by atoms with Crippen LogP contribution in [0.1, 0.15) is 12.8 Å². The van der Waals surface area contributed by atoms with E-state index in [4.69, 9.17) is 5.26 Å². The number of sulfonamides is 1. The van der Waals surface area contributed by atoms with Crippen molar-refractivity contribution in [2.24, 2.45) is 0 Å². The van der Waals surface area contributed by atoms with Crippen molar-refractivity contribution < 1.29 is 8.42 Å². The average molecular weight is 203 g/mol. The van der Waals surface area contributed by atoms with Crippen LogP contribution < -0.4 is 5.32 Å². The van der Waals surface area contributed by atoms with Crippen LogP contribution in [0.2, 0.25) is 0 Å². The molecule has 1 heterocycles. The second-order valence-electron chi connectivity index (χ2n) is 3.22. The molecular weight excluding hydrogens is 190 g/mol. The summed E-state index contributed by atoms with van der Waals surface area (Å²) in [4.78, 5) is 0. The fourth-order valence-corrected chi connectivity index (χ4v) is 2.36. The summed E-state index contributed by atoms with van der Waals surface area (Å²) in [6.45, 7) is 0.981. The van der Waals surface area contributed by atoms with Gasteiger partial charge in [0.15, 0.2) is 6.19 Å². The van der Waals surface area contributed by atoms with Crippen LogP contribution in [-0.4, -0.2) is 38.1 Å². The highest BCUT2D eigenvalue weighted by molar-refractivity contribution is 7.88. The Morgan fingerprint density at radius 3 is 2.85 bits per heavy atom. The molecule has 0 aromatic carbocycles. The van der Waals surface area contributed by atoms with Gasteiger partial charge in [0.1, 0.15) is 0 Å². The van der Waals surface area contributed by atoms with Gasteiger partial charge in [0.2, 0.25) is 10.0 Å². The van der Waals surface area contributed by atoms with Gasteiger partial charge in [-0.3, -0.25) is 0 Å². The van der Waals surface area contributed by atoms with Gasteiger partial charge >= 0.3 is 0 Å². The lowest BCUT2D eigenvalue weighted by atomic mass is 10.1. The molecule has 1 unspecified atom stereocenters. The third-order valence-electron chi connectivity index (χ3n) is 2.12. The highest BCUT2D eigenvalue weighted by atomic mass is 32.2. The molecule has 1 N–H and O–H groups in total. The van der Waals surface area contributed by atoms with Gasteiger partial charge in [0.05, 0.1) is 6.26 Å². The first kappa shape index (κ1) is 10.3. The number of nitriles is 1. The molecule has 0 bridgehead atoms. The summed E-state index contributed by atoms with van der Waals surface area (Å²) in [6.07, 6.45) is 4.71. The van der Waals surface area contributed by atoms with Gasteiger partial charge in [-0.1, -0.05) is 0 Å². The zero-order chi connectivity index (χ0) is 9.90. The molecule has 6 heteroatoms. The van der Waals surface area contributed by atoms with Crippen molar-refractivity contribution in [2.45, 2.75) is 18.9 Å². The number of hydrogen-bond acceptors (Lipinski definition) is 4. The third-order valence-corrected chi connectivity index (χ3v) is 3.39. The van der Waals surface area contributed by atoms with Crippen LogP contribution in [0.4, 0.5) is 0 Å². The first-order valence-electron chi connectivity index (χ1n) is 4.14. The highest BCUT2D eigenvalue weighted by Gasteiger charge is 2.25. The minimum atomic E-state index is -3.09. The molecule has 1 saturated heterocycles. The predicted molar refractivity (Wildman–Crippen MR) is 48.2 cm³/mol. The maximum Gasteiger partial charge on any atom is 0.211 e. The normalized spacial score (nSPS) is 25.1. The molecule has 0 radical (unpaired) electrons. The Bertz CT molecular complexity index is 306. The molecular formula is C7H13N3O2S. The summed E-state index contributed by atoms with van der Waals surface area (Å²) in [5.74, 6) is 0. The second kappa shape index (κ2) is 3.94. The average Bonchev–Trinajstić information content (AvgIpc) is 2.04. The molecule has 1 rings (SSSR count). The van der Waals surface area contributed by atoms with E-state index in [-0.39, 0.29) is 6.04 Å². The fourth-order valence-electron chi connectivity index (χ4n) is 1.45. The molecule has 0 aliphatic carbocycles. The Labute approximate surface area is 78.4 Å². The van der Waals surface area contributed by atoms with E-state index in [0.717, 1.165) is 12.8 Å². The Kier molecular flexibility index (Phi) is 3.12. The minimum absolute atomic E-state index is 0.0199. The number of nitrogens with one attached hydrogen (secondary N) is 1. The predicted octanol–water partition coefficient (Wildman–Crippen LogP) is -0.519. The van der Waals surface area contributed by atoms with Crippen molar-refractivity contribution in [2.75, 3.05) is 19.3 Å². The van der Waals surface area contributed by atoms with Gasteiger partial charge < -0.3 is 5.32 Å². The zero-order valence-corrected chi connectivity index (χ0v) is 8.34. The summed E-state index contributed by atoms with van der Waals surface area (Å²) in [6, 6.07) is -0.0199. The maximum absolute atomic E-state index is 11.2. The van der Waals surface area contributed by atoms with E-state index in [1.54, 1.807) is 0 Å². The first-order chi connectivity index (χ1) is 6.04. The molecule has 1 aliphatic heterocycles. The lowest BCUT2D eigenvalue weighted by molar-refractivity contribution is 0.301. The molecule has 0 aromatic heterocycles. The number of nitrogens with zero attached hydrogens (tertiary/aromatic N) is 2. The van der Waals surface area contributed by atoms with Crippen molar-refractivity contribution in [1.29, 1.82) is 5.26 Å². The van der Waals surface area contributed by atoms with Crippen LogP contribution in [0.15, 0.2) is 0 Å². The van der Waals surface area contributed by atoms with E-state index < -0.39 is 10.0 Å². The molecule has 13 heavy (non-hydrogen) atoms. The third kappa shape index (κ3) is 2.86. The van der Waals surface area contributed by atoms with Gasteiger partial charge in [0, 0.05) is 19.1 Å². The highest BCUT2D eigenvalue weighted by Crippen LogP contribution is 2.12. The molecule has 74 valence electrons. The van der Waals surface area contributed by atoms with E-state index >= 15 is 0 Å². The van der Waals surface area contributed by atoms with E-state index in [2.05, 4.69) is 5.32 Å². The van der Waals surface area contributed by atoms with Gasteiger partial charge in [0.25, 0.3) is 0 Å². The fraction of sp³-hybridized carbons (Fsp3) is 0.857. The number of rotatable bonds is 2. The van der Waals surface area contributed by atoms with Crippen LogP contribution in [0.25, 0.3) is 0 Å². The molecule has 1 atom stereocenters. The smallest absolute Gasteiger partial charge is 0.211 e. The van der Waals surface area contributed by atoms with Crippen LogP contribution in [-0.2, 0) is 10.0 Å². The topological polar surface area (TPSA) is 73.2 Å². The van der Waals surface area contributed by atoms with Crippen LogP contribution in [0.5, 0.6) is 0 Å². The number of hydrogen-bond donors (Lipinski definition) is 1. The van der Waals surface area contributed by atoms with E-state index in [9.17, 15) is 8.42 Å². The number of piperidine rings is 1. The summed E-state index contributed by atoms with van der Waals surface area (Å²) >= 11 is 0. The molecule has 0 amide bonds. The Hall–Kier alpha value is -0.800. The van der Waals surface area contributed by atoms with Gasteiger partial charge in [-0.2, -0.15) is 5.26 Å². The summed E-state index contributed by atoms with van der Waals surface area (Å²) in [7, 11) is -3.09. The largest absolute Gasteiger partial charge is 0.319 e. The summed E-state index contributed by atoms with van der Waals surface area (Å²) < 4.78 is 23.7. The maximum atomic E-state index is 11.2. The van der Waals surface area contributed by atoms with Gasteiger partial charge in [-0.15, -0.1) is 0 Å². The van der Waals surface area contributed by atoms with Crippen molar-refractivity contribution >= 4 is 10.0 Å². The second-order valence-corrected chi connectivity index (χ2v) is 5.20. The molecule has 5 nitrogen and oxygen atoms in total. The molecule has 0 saturated carbocycles. The Balaban J connectivity index is 2.58. The molecule has 0 spiro atoms. The monoisotopic (exact) mass is 203 g/mol. The molecule has 1 aliphatic rings. The Morgan fingerprint density at radius 1 is 1.62 bits per heavy atom. The van der Waals surface area contributed by atoms with Crippen molar-refractivity contribution in [3.8, 4) is 6.19 Å². The van der Waals surface area contributed by atoms with Gasteiger partial charge in [-0.25, -0.2) is 12.7 Å². The van der Waals surface area contributed by atoms with E-state index in [1.807, 2.05) is 6.19 Å². The first-order valence-corrected chi connectivity index (χ1v) is 5.98. The molecule has 1 fully saturated rings. The standard InChI is InChI=1S/C7H13N3O2S/c1-13(11,12)10-4-2-3-7(5-10)9-6-8/h7,9H,2-5H2,1H3. The summed E-state index contributed by atoms with van der Waals surface area (Å²) in [5, 5.41) is 11.0. The van der Waals surface area contributed by atoms with Crippen molar-refractivity contribution in [3.63, 3.8) is 0 Å². The Morgan fingerprint density at radius 2 is 2.31 bits per heavy atom. The van der Waals surface area contributed by atoms with E-state index in [0.29, 0.717) is 13.1 Å². The van der Waals surface area contributed by atoms with Crippen LogP contribution >= 0.6 is 0 Å².